The molecule has 3 N–H and O–H groups in total. The zero-order valence-electron chi connectivity index (χ0n) is 9.43. The molecule has 0 atom stereocenters. The van der Waals surface area contributed by atoms with Crippen molar-refractivity contribution >= 4 is 17.3 Å². The van der Waals surface area contributed by atoms with Crippen LogP contribution in [-0.2, 0) is 0 Å². The molecule has 0 saturated heterocycles. The first-order chi connectivity index (χ1) is 7.02. The topological polar surface area (TPSA) is 61.4 Å². The van der Waals surface area contributed by atoms with Gasteiger partial charge in [-0.25, -0.2) is 4.79 Å². The van der Waals surface area contributed by atoms with Gasteiger partial charge in [-0.3, -0.25) is 0 Å². The molecule has 0 unspecified atom stereocenters. The van der Waals surface area contributed by atoms with E-state index in [4.69, 9.17) is 5.11 Å². The van der Waals surface area contributed by atoms with Gasteiger partial charge in [0.05, 0.1) is 5.56 Å². The number of carboxylic acid groups (broad SMARTS) is 1. The van der Waals surface area contributed by atoms with Gasteiger partial charge in [-0.05, 0) is 31.0 Å². The monoisotopic (exact) mass is 208 g/mol. The molecule has 0 spiro atoms. The largest absolute Gasteiger partial charge is 0.478 e. The molecular weight excluding hydrogens is 192 g/mol. The minimum atomic E-state index is -0.890. The van der Waals surface area contributed by atoms with Crippen LogP contribution in [0.5, 0.6) is 0 Å². The van der Waals surface area contributed by atoms with Crippen molar-refractivity contribution in [3.05, 3.63) is 22.8 Å². The molecule has 0 aliphatic carbocycles. The van der Waals surface area contributed by atoms with Crippen LogP contribution in [0.15, 0.2) is 6.07 Å². The van der Waals surface area contributed by atoms with Crippen LogP contribution in [0.1, 0.15) is 21.5 Å². The molecule has 4 nitrogen and oxygen atoms in total. The summed E-state index contributed by atoms with van der Waals surface area (Å²) < 4.78 is 0. The van der Waals surface area contributed by atoms with Gasteiger partial charge in [0.15, 0.2) is 0 Å². The molecule has 0 aliphatic rings. The first-order valence-corrected chi connectivity index (χ1v) is 4.76. The van der Waals surface area contributed by atoms with Gasteiger partial charge in [-0.2, -0.15) is 0 Å². The average molecular weight is 208 g/mol. The Morgan fingerprint density at radius 2 is 1.53 bits per heavy atom. The number of carboxylic acids is 1. The number of carbonyl (C=O) groups is 1. The molecule has 0 amide bonds. The Kier molecular flexibility index (Phi) is 3.19. The Labute approximate surface area is 89.3 Å². The summed E-state index contributed by atoms with van der Waals surface area (Å²) in [5.41, 5.74) is 3.57. The van der Waals surface area contributed by atoms with Crippen molar-refractivity contribution in [3.63, 3.8) is 0 Å². The zero-order chi connectivity index (χ0) is 11.6. The maximum absolute atomic E-state index is 11.1. The molecule has 0 bridgehead atoms. The minimum absolute atomic E-state index is 0.367. The fraction of sp³-hybridized carbons (Fsp3) is 0.364. The summed E-state index contributed by atoms with van der Waals surface area (Å²) in [5.74, 6) is -0.890. The molecule has 0 aliphatic heterocycles. The lowest BCUT2D eigenvalue weighted by Crippen LogP contribution is -2.08. The van der Waals surface area contributed by atoms with E-state index in [0.29, 0.717) is 5.56 Å². The van der Waals surface area contributed by atoms with E-state index in [1.807, 2.05) is 19.9 Å². The summed E-state index contributed by atoms with van der Waals surface area (Å²) in [5, 5.41) is 15.1. The lowest BCUT2D eigenvalue weighted by molar-refractivity contribution is 0.0695. The van der Waals surface area contributed by atoms with Gasteiger partial charge in [-0.15, -0.1) is 0 Å². The van der Waals surface area contributed by atoms with Crippen molar-refractivity contribution in [2.45, 2.75) is 13.8 Å². The summed E-state index contributed by atoms with van der Waals surface area (Å²) in [6.07, 6.45) is 0. The fourth-order valence-corrected chi connectivity index (χ4v) is 1.75. The van der Waals surface area contributed by atoms with Crippen molar-refractivity contribution < 1.29 is 9.90 Å². The van der Waals surface area contributed by atoms with Crippen molar-refractivity contribution in [2.75, 3.05) is 24.7 Å². The van der Waals surface area contributed by atoms with Crippen LogP contribution in [-0.4, -0.2) is 25.2 Å². The van der Waals surface area contributed by atoms with Crippen LogP contribution in [0.2, 0.25) is 0 Å². The summed E-state index contributed by atoms with van der Waals surface area (Å²) in [7, 11) is 3.56. The highest BCUT2D eigenvalue weighted by Crippen LogP contribution is 2.29. The molecular formula is C11H16N2O2. The molecule has 1 aromatic carbocycles. The van der Waals surface area contributed by atoms with Gasteiger partial charge in [0.2, 0.25) is 0 Å². The van der Waals surface area contributed by atoms with E-state index < -0.39 is 5.97 Å². The SMILES string of the molecule is CNc1cc(NC)c(C)c(C(=O)O)c1C. The quantitative estimate of drug-likeness (QED) is 0.711. The van der Waals surface area contributed by atoms with E-state index in [1.54, 1.807) is 14.1 Å². The standard InChI is InChI=1S/C11H16N2O2/c1-6-8(12-3)5-9(13-4)7(2)10(6)11(14)15/h5,12-13H,1-4H3,(H,14,15). The maximum Gasteiger partial charge on any atom is 0.336 e. The lowest BCUT2D eigenvalue weighted by Gasteiger charge is -2.15. The van der Waals surface area contributed by atoms with Crippen LogP contribution in [0.25, 0.3) is 0 Å². The Bertz CT molecular complexity index is 372. The van der Waals surface area contributed by atoms with E-state index in [1.165, 1.54) is 0 Å². The zero-order valence-corrected chi connectivity index (χ0v) is 9.43. The van der Waals surface area contributed by atoms with Crippen molar-refractivity contribution in [3.8, 4) is 0 Å². The molecule has 0 saturated carbocycles. The van der Waals surface area contributed by atoms with Crippen LogP contribution >= 0.6 is 0 Å². The highest BCUT2D eigenvalue weighted by atomic mass is 16.4. The number of benzene rings is 1. The molecule has 82 valence electrons. The number of aromatic carboxylic acids is 1. The number of nitrogens with one attached hydrogen (secondary N) is 2. The van der Waals surface area contributed by atoms with Gasteiger partial charge in [0.25, 0.3) is 0 Å². The van der Waals surface area contributed by atoms with Crippen LogP contribution in [0, 0.1) is 13.8 Å². The number of hydrogen-bond acceptors (Lipinski definition) is 3. The summed E-state index contributed by atoms with van der Waals surface area (Å²) in [4.78, 5) is 11.1. The third kappa shape index (κ3) is 1.88. The predicted octanol–water partition coefficient (Wildman–Crippen LogP) is 2.09. The molecule has 1 rings (SSSR count). The van der Waals surface area contributed by atoms with E-state index in [2.05, 4.69) is 10.6 Å². The highest BCUT2D eigenvalue weighted by molar-refractivity contribution is 5.95. The Hall–Kier alpha value is -1.71. The van der Waals surface area contributed by atoms with Gasteiger partial charge in [-0.1, -0.05) is 0 Å². The van der Waals surface area contributed by atoms with Gasteiger partial charge >= 0.3 is 5.97 Å². The van der Waals surface area contributed by atoms with Crippen molar-refractivity contribution in [1.82, 2.24) is 0 Å². The third-order valence-electron chi connectivity index (χ3n) is 2.60. The Morgan fingerprint density at radius 3 is 1.80 bits per heavy atom. The molecule has 0 radical (unpaired) electrons. The van der Waals surface area contributed by atoms with Crippen molar-refractivity contribution in [1.29, 1.82) is 0 Å². The lowest BCUT2D eigenvalue weighted by atomic mass is 9.99. The summed E-state index contributed by atoms with van der Waals surface area (Å²) in [6.45, 7) is 3.61. The Balaban J connectivity index is 3.53. The van der Waals surface area contributed by atoms with E-state index in [-0.39, 0.29) is 0 Å². The normalized spacial score (nSPS) is 9.87. The van der Waals surface area contributed by atoms with Gasteiger partial charge < -0.3 is 15.7 Å². The summed E-state index contributed by atoms with van der Waals surface area (Å²) in [6, 6.07) is 1.91. The number of hydrogen-bond donors (Lipinski definition) is 3. The van der Waals surface area contributed by atoms with Crippen LogP contribution in [0.3, 0.4) is 0 Å². The third-order valence-corrected chi connectivity index (χ3v) is 2.60. The second kappa shape index (κ2) is 4.21. The smallest absolute Gasteiger partial charge is 0.336 e. The first-order valence-electron chi connectivity index (χ1n) is 4.76. The van der Waals surface area contributed by atoms with Crippen LogP contribution < -0.4 is 10.6 Å². The number of anilines is 2. The molecule has 0 heterocycles. The number of rotatable bonds is 3. The van der Waals surface area contributed by atoms with Crippen LogP contribution in [0.4, 0.5) is 11.4 Å². The molecule has 1 aromatic rings. The first kappa shape index (κ1) is 11.4. The fourth-order valence-electron chi connectivity index (χ4n) is 1.75. The molecule has 4 heteroatoms. The molecule has 0 aromatic heterocycles. The Morgan fingerprint density at radius 1 is 1.13 bits per heavy atom. The van der Waals surface area contributed by atoms with Gasteiger partial charge in [0, 0.05) is 25.5 Å². The minimum Gasteiger partial charge on any atom is -0.478 e. The molecule has 0 fully saturated rings. The van der Waals surface area contributed by atoms with E-state index in [0.717, 1.165) is 22.5 Å². The molecule has 15 heavy (non-hydrogen) atoms. The summed E-state index contributed by atoms with van der Waals surface area (Å²) >= 11 is 0. The highest BCUT2D eigenvalue weighted by Gasteiger charge is 2.16. The predicted molar refractivity (Wildman–Crippen MR) is 62.0 cm³/mol. The second-order valence-corrected chi connectivity index (χ2v) is 3.40. The second-order valence-electron chi connectivity index (χ2n) is 3.40. The van der Waals surface area contributed by atoms with E-state index in [9.17, 15) is 4.79 Å². The van der Waals surface area contributed by atoms with Gasteiger partial charge in [0.1, 0.15) is 0 Å². The maximum atomic E-state index is 11.1. The average Bonchev–Trinajstić information content (AvgIpc) is 2.18. The van der Waals surface area contributed by atoms with Crippen molar-refractivity contribution in [2.24, 2.45) is 0 Å². The van der Waals surface area contributed by atoms with E-state index >= 15 is 0 Å².